The Morgan fingerprint density at radius 1 is 1.42 bits per heavy atom. The molecule has 0 saturated heterocycles. The maximum absolute atomic E-state index is 12.0. The van der Waals surface area contributed by atoms with E-state index < -0.39 is 0 Å². The highest BCUT2D eigenvalue weighted by Crippen LogP contribution is 2.13. The topological polar surface area (TPSA) is 54.0 Å². The van der Waals surface area contributed by atoms with Crippen LogP contribution in [0.3, 0.4) is 0 Å². The van der Waals surface area contributed by atoms with Gasteiger partial charge in [-0.3, -0.25) is 4.79 Å². The summed E-state index contributed by atoms with van der Waals surface area (Å²) in [4.78, 5) is 16.1. The molecular formula is C14H17N3OS. The third-order valence-electron chi connectivity index (χ3n) is 2.62. The van der Waals surface area contributed by atoms with Crippen LogP contribution in [0.1, 0.15) is 28.0 Å². The fourth-order valence-corrected chi connectivity index (χ4v) is 2.28. The average Bonchev–Trinajstić information content (AvgIpc) is 2.83. The Labute approximate surface area is 116 Å². The van der Waals surface area contributed by atoms with E-state index in [2.05, 4.69) is 22.5 Å². The molecule has 2 N–H and O–H groups in total. The fourth-order valence-electron chi connectivity index (χ4n) is 1.69. The van der Waals surface area contributed by atoms with E-state index in [1.54, 1.807) is 5.38 Å². The summed E-state index contributed by atoms with van der Waals surface area (Å²) >= 11 is 1.48. The Morgan fingerprint density at radius 2 is 2.26 bits per heavy atom. The van der Waals surface area contributed by atoms with Gasteiger partial charge in [0.05, 0.1) is 5.01 Å². The van der Waals surface area contributed by atoms with E-state index >= 15 is 0 Å². The van der Waals surface area contributed by atoms with Gasteiger partial charge in [-0.05, 0) is 31.2 Å². The second-order valence-corrected chi connectivity index (χ2v) is 5.25. The molecule has 1 heterocycles. The van der Waals surface area contributed by atoms with E-state index in [0.717, 1.165) is 29.3 Å². The van der Waals surface area contributed by atoms with Gasteiger partial charge in [-0.2, -0.15) is 0 Å². The molecule has 0 atom stereocenters. The highest BCUT2D eigenvalue weighted by atomic mass is 32.1. The van der Waals surface area contributed by atoms with Crippen LogP contribution in [0.15, 0.2) is 29.6 Å². The number of rotatable bonds is 5. The summed E-state index contributed by atoms with van der Waals surface area (Å²) in [5.41, 5.74) is 2.42. The number of aryl methyl sites for hydroxylation is 1. The molecule has 0 spiro atoms. The van der Waals surface area contributed by atoms with Crippen molar-refractivity contribution in [2.75, 3.05) is 11.9 Å². The fraction of sp³-hybridized carbons (Fsp3) is 0.286. The van der Waals surface area contributed by atoms with Crippen LogP contribution in [0.25, 0.3) is 0 Å². The Kier molecular flexibility index (Phi) is 4.65. The van der Waals surface area contributed by atoms with Gasteiger partial charge in [0, 0.05) is 17.6 Å². The second kappa shape index (κ2) is 6.45. The van der Waals surface area contributed by atoms with Crippen LogP contribution in [0.4, 0.5) is 5.69 Å². The lowest BCUT2D eigenvalue weighted by molar-refractivity contribution is 0.102. The SMILES string of the molecule is CCNCc1cccc(NC(=O)c2csc(C)n2)c1. The van der Waals surface area contributed by atoms with Crippen molar-refractivity contribution in [3.05, 3.63) is 45.9 Å². The maximum Gasteiger partial charge on any atom is 0.275 e. The Hall–Kier alpha value is -1.72. The molecule has 0 aliphatic rings. The van der Waals surface area contributed by atoms with E-state index in [4.69, 9.17) is 0 Å². The number of carbonyl (C=O) groups is 1. The first-order valence-corrected chi connectivity index (χ1v) is 7.10. The van der Waals surface area contributed by atoms with Crippen LogP contribution in [-0.4, -0.2) is 17.4 Å². The number of hydrogen-bond donors (Lipinski definition) is 2. The summed E-state index contributed by atoms with van der Waals surface area (Å²) in [6.45, 7) is 5.68. The zero-order chi connectivity index (χ0) is 13.7. The molecule has 1 aromatic carbocycles. The Balaban J connectivity index is 2.04. The molecule has 100 valence electrons. The first-order chi connectivity index (χ1) is 9.19. The standard InChI is InChI=1S/C14H17N3OS/c1-3-15-8-11-5-4-6-12(7-11)17-14(18)13-9-19-10(2)16-13/h4-7,9,15H,3,8H2,1-2H3,(H,17,18). The van der Waals surface area contributed by atoms with Crippen LogP contribution in [0.2, 0.25) is 0 Å². The lowest BCUT2D eigenvalue weighted by atomic mass is 10.2. The number of aromatic nitrogens is 1. The molecule has 0 bridgehead atoms. The zero-order valence-corrected chi connectivity index (χ0v) is 11.9. The van der Waals surface area contributed by atoms with Gasteiger partial charge >= 0.3 is 0 Å². The van der Waals surface area contributed by atoms with Crippen molar-refractivity contribution in [3.8, 4) is 0 Å². The number of benzene rings is 1. The van der Waals surface area contributed by atoms with Crippen molar-refractivity contribution < 1.29 is 4.79 Å². The normalized spacial score (nSPS) is 10.4. The van der Waals surface area contributed by atoms with E-state index in [1.807, 2.05) is 31.2 Å². The molecule has 5 heteroatoms. The van der Waals surface area contributed by atoms with E-state index in [0.29, 0.717) is 5.69 Å². The minimum atomic E-state index is -0.162. The van der Waals surface area contributed by atoms with Gasteiger partial charge in [-0.15, -0.1) is 11.3 Å². The van der Waals surface area contributed by atoms with E-state index in [1.165, 1.54) is 11.3 Å². The molecule has 1 aromatic heterocycles. The largest absolute Gasteiger partial charge is 0.321 e. The molecule has 0 fully saturated rings. The monoisotopic (exact) mass is 275 g/mol. The summed E-state index contributed by atoms with van der Waals surface area (Å²) in [6, 6.07) is 7.83. The minimum absolute atomic E-state index is 0.162. The van der Waals surface area contributed by atoms with Crippen molar-refractivity contribution >= 4 is 22.9 Å². The van der Waals surface area contributed by atoms with Crippen LogP contribution in [0.5, 0.6) is 0 Å². The van der Waals surface area contributed by atoms with Crippen LogP contribution in [-0.2, 0) is 6.54 Å². The molecule has 0 aliphatic carbocycles. The molecule has 0 radical (unpaired) electrons. The summed E-state index contributed by atoms with van der Waals surface area (Å²) in [7, 11) is 0. The number of nitrogens with zero attached hydrogens (tertiary/aromatic N) is 1. The smallest absolute Gasteiger partial charge is 0.275 e. The van der Waals surface area contributed by atoms with Crippen molar-refractivity contribution in [2.45, 2.75) is 20.4 Å². The highest BCUT2D eigenvalue weighted by molar-refractivity contribution is 7.09. The minimum Gasteiger partial charge on any atom is -0.321 e. The summed E-state index contributed by atoms with van der Waals surface area (Å²) in [5, 5.41) is 8.79. The number of anilines is 1. The van der Waals surface area contributed by atoms with Gasteiger partial charge in [-0.1, -0.05) is 19.1 Å². The lowest BCUT2D eigenvalue weighted by Crippen LogP contribution is -2.14. The Morgan fingerprint density at radius 3 is 2.95 bits per heavy atom. The molecule has 0 unspecified atom stereocenters. The molecule has 2 rings (SSSR count). The van der Waals surface area contributed by atoms with Gasteiger partial charge in [0.2, 0.25) is 0 Å². The molecule has 2 aromatic rings. The summed E-state index contributed by atoms with van der Waals surface area (Å²) < 4.78 is 0. The van der Waals surface area contributed by atoms with Crippen molar-refractivity contribution in [3.63, 3.8) is 0 Å². The van der Waals surface area contributed by atoms with Crippen molar-refractivity contribution in [1.82, 2.24) is 10.3 Å². The van der Waals surface area contributed by atoms with Crippen LogP contribution >= 0.6 is 11.3 Å². The van der Waals surface area contributed by atoms with Crippen molar-refractivity contribution in [2.24, 2.45) is 0 Å². The number of carbonyl (C=O) groups excluding carboxylic acids is 1. The number of nitrogens with one attached hydrogen (secondary N) is 2. The van der Waals surface area contributed by atoms with Gasteiger partial charge in [0.25, 0.3) is 5.91 Å². The quantitative estimate of drug-likeness (QED) is 0.882. The lowest BCUT2D eigenvalue weighted by Gasteiger charge is -2.06. The molecular weight excluding hydrogens is 258 g/mol. The molecule has 4 nitrogen and oxygen atoms in total. The maximum atomic E-state index is 12.0. The Bertz CT molecular complexity index is 565. The number of amides is 1. The summed E-state index contributed by atoms with van der Waals surface area (Å²) in [5.74, 6) is -0.162. The van der Waals surface area contributed by atoms with Crippen molar-refractivity contribution in [1.29, 1.82) is 0 Å². The highest BCUT2D eigenvalue weighted by Gasteiger charge is 2.09. The molecule has 19 heavy (non-hydrogen) atoms. The second-order valence-electron chi connectivity index (χ2n) is 4.19. The van der Waals surface area contributed by atoms with Gasteiger partial charge in [0.15, 0.2) is 0 Å². The first kappa shape index (κ1) is 13.7. The predicted molar refractivity (Wildman–Crippen MR) is 78.6 cm³/mol. The molecule has 0 aliphatic heterocycles. The number of hydrogen-bond acceptors (Lipinski definition) is 4. The van der Waals surface area contributed by atoms with Crippen LogP contribution in [0, 0.1) is 6.92 Å². The average molecular weight is 275 g/mol. The van der Waals surface area contributed by atoms with Gasteiger partial charge in [-0.25, -0.2) is 4.98 Å². The predicted octanol–water partition coefficient (Wildman–Crippen LogP) is 2.81. The molecule has 1 amide bonds. The summed E-state index contributed by atoms with van der Waals surface area (Å²) in [6.07, 6.45) is 0. The molecule has 0 saturated carbocycles. The van der Waals surface area contributed by atoms with Gasteiger partial charge in [0.1, 0.15) is 5.69 Å². The first-order valence-electron chi connectivity index (χ1n) is 6.22. The number of thiazole rings is 1. The van der Waals surface area contributed by atoms with Gasteiger partial charge < -0.3 is 10.6 Å². The zero-order valence-electron chi connectivity index (χ0n) is 11.1. The van der Waals surface area contributed by atoms with E-state index in [9.17, 15) is 4.79 Å². The van der Waals surface area contributed by atoms with Crippen LogP contribution < -0.4 is 10.6 Å². The third-order valence-corrected chi connectivity index (χ3v) is 3.39. The third kappa shape index (κ3) is 3.87. The van der Waals surface area contributed by atoms with E-state index in [-0.39, 0.29) is 5.91 Å².